The molecule has 0 N–H and O–H groups in total. The van der Waals surface area contributed by atoms with E-state index in [2.05, 4.69) is 84.9 Å². The second-order valence-corrected chi connectivity index (χ2v) is 10.5. The van der Waals surface area contributed by atoms with Gasteiger partial charge in [0.15, 0.2) is 0 Å². The molecule has 0 saturated carbocycles. The molecule has 2 aliphatic heterocycles. The Morgan fingerprint density at radius 1 is 0.486 bits per heavy atom. The maximum Gasteiger partial charge on any atom is 0.0829 e. The number of benzene rings is 4. The third-order valence-corrected chi connectivity index (χ3v) is 8.06. The van der Waals surface area contributed by atoms with Crippen LogP contribution >= 0.6 is 0 Å². The van der Waals surface area contributed by atoms with Crippen molar-refractivity contribution in [1.29, 1.82) is 0 Å². The third-order valence-electron chi connectivity index (χ3n) is 8.06. The molecule has 35 heavy (non-hydrogen) atoms. The molecule has 2 nitrogen and oxygen atoms in total. The van der Waals surface area contributed by atoms with Crippen molar-refractivity contribution in [2.24, 2.45) is 0 Å². The Bertz CT molecular complexity index is 1180. The molecule has 0 amide bonds. The highest BCUT2D eigenvalue weighted by Gasteiger charge is 2.27. The van der Waals surface area contributed by atoms with Gasteiger partial charge in [-0.1, -0.05) is 92.1 Å². The van der Waals surface area contributed by atoms with Crippen molar-refractivity contribution in [3.8, 4) is 0 Å². The highest BCUT2D eigenvalue weighted by Crippen LogP contribution is 2.37. The van der Waals surface area contributed by atoms with Crippen LogP contribution in [0.4, 0.5) is 0 Å². The first-order chi connectivity index (χ1) is 17.3. The summed E-state index contributed by atoms with van der Waals surface area (Å²) >= 11 is 0. The second kappa shape index (κ2) is 10.5. The van der Waals surface area contributed by atoms with Gasteiger partial charge in [0, 0.05) is 0 Å². The van der Waals surface area contributed by atoms with Crippen molar-refractivity contribution >= 4 is 21.5 Å². The van der Waals surface area contributed by atoms with Crippen LogP contribution < -0.4 is 0 Å². The maximum atomic E-state index is 6.45. The minimum absolute atomic E-state index is 0.267. The fourth-order valence-corrected chi connectivity index (χ4v) is 6.06. The monoisotopic (exact) mass is 464 g/mol. The molecule has 2 heterocycles. The van der Waals surface area contributed by atoms with E-state index in [1.165, 1.54) is 77.6 Å². The molecule has 0 spiro atoms. The minimum atomic E-state index is 0.267. The van der Waals surface area contributed by atoms with E-state index >= 15 is 0 Å². The summed E-state index contributed by atoms with van der Waals surface area (Å²) in [6, 6.07) is 30.8. The Morgan fingerprint density at radius 3 is 1.43 bits per heavy atom. The van der Waals surface area contributed by atoms with Crippen molar-refractivity contribution in [3.05, 3.63) is 96.1 Å². The van der Waals surface area contributed by atoms with E-state index in [1.54, 1.807) is 0 Å². The molecule has 2 saturated heterocycles. The third kappa shape index (κ3) is 5.29. The van der Waals surface area contributed by atoms with Gasteiger partial charge in [-0.15, -0.1) is 0 Å². The highest BCUT2D eigenvalue weighted by molar-refractivity contribution is 5.83. The average Bonchev–Trinajstić information content (AvgIpc) is 3.58. The van der Waals surface area contributed by atoms with E-state index in [0.29, 0.717) is 12.2 Å². The molecule has 4 unspecified atom stereocenters. The smallest absolute Gasteiger partial charge is 0.0829 e. The minimum Gasteiger partial charge on any atom is -0.370 e. The Labute approximate surface area is 209 Å². The molecule has 2 aliphatic rings. The van der Waals surface area contributed by atoms with E-state index in [4.69, 9.17) is 9.47 Å². The number of fused-ring (bicyclic) bond motifs is 2. The molecule has 4 aromatic rings. The quantitative estimate of drug-likeness (QED) is 0.242. The van der Waals surface area contributed by atoms with Crippen LogP contribution in [0.15, 0.2) is 84.9 Å². The number of rotatable bonds is 8. The number of hydrogen-bond donors (Lipinski definition) is 0. The molecule has 6 rings (SSSR count). The molecule has 2 fully saturated rings. The van der Waals surface area contributed by atoms with Crippen LogP contribution in [-0.4, -0.2) is 12.2 Å². The highest BCUT2D eigenvalue weighted by atomic mass is 16.5. The van der Waals surface area contributed by atoms with Gasteiger partial charge < -0.3 is 9.47 Å². The van der Waals surface area contributed by atoms with Crippen molar-refractivity contribution in [1.82, 2.24) is 0 Å². The number of unbranched alkanes of at least 4 members (excludes halogenated alkanes) is 2. The maximum absolute atomic E-state index is 6.45. The molecule has 0 bridgehead atoms. The predicted molar refractivity (Wildman–Crippen MR) is 145 cm³/mol. The van der Waals surface area contributed by atoms with Crippen LogP contribution in [-0.2, 0) is 9.47 Å². The molecule has 0 aliphatic carbocycles. The lowest BCUT2D eigenvalue weighted by molar-refractivity contribution is 0.0346. The summed E-state index contributed by atoms with van der Waals surface area (Å²) < 4.78 is 12.9. The summed E-state index contributed by atoms with van der Waals surface area (Å²) in [5.74, 6) is 0. The standard InChI is InChI=1S/C33H36O2/c1(2-12-30-18-20-32(34-30)28-16-14-24-8-4-6-10-26(24)22-28)3-13-31-19-21-33(35-31)29-17-15-25-9-5-7-11-27(25)23-29/h4-11,14-17,22-23,30-33H,1-3,12-13,18-21H2. The topological polar surface area (TPSA) is 18.5 Å². The van der Waals surface area contributed by atoms with E-state index in [0.717, 1.165) is 12.8 Å². The predicted octanol–water partition coefficient (Wildman–Crippen LogP) is 9.08. The zero-order valence-corrected chi connectivity index (χ0v) is 20.6. The van der Waals surface area contributed by atoms with Crippen LogP contribution in [0.25, 0.3) is 21.5 Å². The van der Waals surface area contributed by atoms with Crippen LogP contribution in [0.2, 0.25) is 0 Å². The van der Waals surface area contributed by atoms with E-state index in [1.807, 2.05) is 0 Å². The van der Waals surface area contributed by atoms with Gasteiger partial charge in [-0.25, -0.2) is 0 Å². The summed E-state index contributed by atoms with van der Waals surface area (Å²) in [5.41, 5.74) is 2.68. The van der Waals surface area contributed by atoms with Gasteiger partial charge in [-0.05, 0) is 83.3 Å². The Kier molecular flexibility index (Phi) is 6.84. The first kappa shape index (κ1) is 22.8. The zero-order chi connectivity index (χ0) is 23.5. The van der Waals surface area contributed by atoms with Gasteiger partial charge >= 0.3 is 0 Å². The fourth-order valence-electron chi connectivity index (χ4n) is 6.06. The van der Waals surface area contributed by atoms with Gasteiger partial charge in [0.1, 0.15) is 0 Å². The van der Waals surface area contributed by atoms with Crippen molar-refractivity contribution in [3.63, 3.8) is 0 Å². The molecule has 0 aromatic heterocycles. The number of ether oxygens (including phenoxy) is 2. The lowest BCUT2D eigenvalue weighted by Crippen LogP contribution is -2.08. The first-order valence-corrected chi connectivity index (χ1v) is 13.6. The second-order valence-electron chi connectivity index (χ2n) is 10.5. The molecule has 2 heteroatoms. The fraction of sp³-hybridized carbons (Fsp3) is 0.394. The van der Waals surface area contributed by atoms with Crippen LogP contribution in [0, 0.1) is 0 Å². The molecular weight excluding hydrogens is 428 g/mol. The van der Waals surface area contributed by atoms with Gasteiger partial charge in [-0.3, -0.25) is 0 Å². The van der Waals surface area contributed by atoms with Gasteiger partial charge in [0.2, 0.25) is 0 Å². The zero-order valence-electron chi connectivity index (χ0n) is 20.6. The van der Waals surface area contributed by atoms with Crippen molar-refractivity contribution < 1.29 is 9.47 Å². The van der Waals surface area contributed by atoms with Gasteiger partial charge in [0.05, 0.1) is 24.4 Å². The summed E-state index contributed by atoms with van der Waals surface area (Å²) in [4.78, 5) is 0. The van der Waals surface area contributed by atoms with Crippen LogP contribution in [0.1, 0.15) is 81.1 Å². The van der Waals surface area contributed by atoms with Gasteiger partial charge in [-0.2, -0.15) is 0 Å². The largest absolute Gasteiger partial charge is 0.370 e. The van der Waals surface area contributed by atoms with Crippen LogP contribution in [0.5, 0.6) is 0 Å². The molecule has 0 radical (unpaired) electrons. The summed E-state index contributed by atoms with van der Waals surface area (Å²) in [7, 11) is 0. The van der Waals surface area contributed by atoms with E-state index in [9.17, 15) is 0 Å². The Morgan fingerprint density at radius 2 is 0.943 bits per heavy atom. The number of hydrogen-bond acceptors (Lipinski definition) is 2. The molecule has 180 valence electrons. The average molecular weight is 465 g/mol. The molecule has 4 aromatic carbocycles. The Hall–Kier alpha value is -2.68. The van der Waals surface area contributed by atoms with Crippen molar-refractivity contribution in [2.75, 3.05) is 0 Å². The lowest BCUT2D eigenvalue weighted by atomic mass is 10.0. The summed E-state index contributed by atoms with van der Waals surface area (Å²) in [5, 5.41) is 5.24. The SMILES string of the molecule is c1ccc2cc(C3CCC(CCCCCC4CCC(c5ccc6ccccc6c5)O4)O3)ccc2c1. The molecule has 4 atom stereocenters. The lowest BCUT2D eigenvalue weighted by Gasteiger charge is -2.16. The van der Waals surface area contributed by atoms with Crippen LogP contribution in [0.3, 0.4) is 0 Å². The van der Waals surface area contributed by atoms with Gasteiger partial charge in [0.25, 0.3) is 0 Å². The van der Waals surface area contributed by atoms with E-state index < -0.39 is 0 Å². The molecular formula is C33H36O2. The summed E-state index contributed by atoms with van der Waals surface area (Å²) in [6.07, 6.45) is 12.2. The van der Waals surface area contributed by atoms with Crippen molar-refractivity contribution in [2.45, 2.75) is 82.2 Å². The van der Waals surface area contributed by atoms with E-state index in [-0.39, 0.29) is 12.2 Å². The Balaban J connectivity index is 0.913. The normalized spacial score (nSPS) is 24.5. The summed E-state index contributed by atoms with van der Waals surface area (Å²) in [6.45, 7) is 0. The first-order valence-electron chi connectivity index (χ1n) is 13.6.